The van der Waals surface area contributed by atoms with E-state index in [-0.39, 0.29) is 19.1 Å². The quantitative estimate of drug-likeness (QED) is 0.711. The zero-order chi connectivity index (χ0) is 21.9. The van der Waals surface area contributed by atoms with Gasteiger partial charge in [-0.15, -0.1) is 0 Å². The molecule has 30 heavy (non-hydrogen) atoms. The van der Waals surface area contributed by atoms with E-state index in [1.165, 1.54) is 4.90 Å². The van der Waals surface area contributed by atoms with E-state index in [0.717, 1.165) is 0 Å². The van der Waals surface area contributed by atoms with Crippen molar-refractivity contribution in [3.8, 4) is 0 Å². The number of benzene rings is 1. The van der Waals surface area contributed by atoms with Crippen molar-refractivity contribution >= 4 is 23.5 Å². The second-order valence-corrected chi connectivity index (χ2v) is 8.21. The van der Waals surface area contributed by atoms with Crippen LogP contribution in [-0.4, -0.2) is 85.1 Å². The highest BCUT2D eigenvalue weighted by molar-refractivity contribution is 6.02. The lowest BCUT2D eigenvalue weighted by atomic mass is 10.1. The van der Waals surface area contributed by atoms with E-state index >= 15 is 0 Å². The molecule has 0 bridgehead atoms. The van der Waals surface area contributed by atoms with E-state index in [2.05, 4.69) is 0 Å². The molecule has 2 amide bonds. The highest BCUT2D eigenvalue weighted by atomic mass is 16.6. The van der Waals surface area contributed by atoms with Gasteiger partial charge in [0.1, 0.15) is 5.60 Å². The number of carbonyl (C=O) groups is 3. The van der Waals surface area contributed by atoms with Crippen molar-refractivity contribution < 1.29 is 33.7 Å². The molecule has 3 rings (SSSR count). The van der Waals surface area contributed by atoms with Crippen LogP contribution in [0.25, 0.3) is 0 Å². The molecule has 0 unspecified atom stereocenters. The Morgan fingerprint density at radius 3 is 2.53 bits per heavy atom. The van der Waals surface area contributed by atoms with Gasteiger partial charge in [-0.3, -0.25) is 9.59 Å². The first-order chi connectivity index (χ1) is 14.2. The fourth-order valence-corrected chi connectivity index (χ4v) is 3.33. The monoisotopic (exact) mass is 420 g/mol. The summed E-state index contributed by atoms with van der Waals surface area (Å²) in [6, 6.07) is 6.73. The molecule has 0 saturated carbocycles. The number of hydrogen-bond donors (Lipinski definition) is 1. The molecule has 1 aromatic rings. The molecule has 2 aliphatic heterocycles. The first-order valence-corrected chi connectivity index (χ1v) is 9.98. The fraction of sp³-hybridized carbons (Fsp3) is 0.571. The summed E-state index contributed by atoms with van der Waals surface area (Å²) in [6.07, 6.45) is -3.11. The van der Waals surface area contributed by atoms with Gasteiger partial charge in [-0.05, 0) is 39.0 Å². The van der Waals surface area contributed by atoms with Crippen molar-refractivity contribution in [1.82, 2.24) is 4.90 Å². The van der Waals surface area contributed by atoms with Crippen molar-refractivity contribution in [2.75, 3.05) is 44.4 Å². The standard InChI is InChI=1S/C21H28N2O7/c1-21(2,3)30-20(27)16(24)17-19(26)23(9-12-29-17)15-6-4-5-14(13-15)18(25)22-7-10-28-11-8-22/h4-6,13,16-17,24H,7-12H2,1-3H3/t16-,17-/m1/s1. The summed E-state index contributed by atoms with van der Waals surface area (Å²) in [5.74, 6) is -1.61. The Bertz CT molecular complexity index is 799. The molecule has 9 heteroatoms. The van der Waals surface area contributed by atoms with Gasteiger partial charge in [0.2, 0.25) is 0 Å². The lowest BCUT2D eigenvalue weighted by Gasteiger charge is -2.34. The number of morpholine rings is 2. The average Bonchev–Trinajstić information content (AvgIpc) is 2.72. The number of rotatable bonds is 4. The molecule has 2 aliphatic rings. The number of aliphatic hydroxyl groups excluding tert-OH is 1. The third-order valence-corrected chi connectivity index (χ3v) is 4.76. The van der Waals surface area contributed by atoms with Crippen LogP contribution < -0.4 is 4.90 Å². The van der Waals surface area contributed by atoms with Crippen LogP contribution in [0.3, 0.4) is 0 Å². The molecule has 2 saturated heterocycles. The van der Waals surface area contributed by atoms with Gasteiger partial charge in [0, 0.05) is 30.9 Å². The van der Waals surface area contributed by atoms with Crippen LogP contribution in [0.5, 0.6) is 0 Å². The fourth-order valence-electron chi connectivity index (χ4n) is 3.33. The zero-order valence-electron chi connectivity index (χ0n) is 17.5. The van der Waals surface area contributed by atoms with Gasteiger partial charge in [0.15, 0.2) is 12.2 Å². The number of aliphatic hydroxyl groups is 1. The van der Waals surface area contributed by atoms with Crippen molar-refractivity contribution in [1.29, 1.82) is 0 Å². The normalized spacial score (nSPS) is 21.3. The largest absolute Gasteiger partial charge is 0.458 e. The van der Waals surface area contributed by atoms with Gasteiger partial charge in [-0.1, -0.05) is 6.07 Å². The van der Waals surface area contributed by atoms with Gasteiger partial charge >= 0.3 is 5.97 Å². The van der Waals surface area contributed by atoms with E-state index < -0.39 is 29.7 Å². The van der Waals surface area contributed by atoms with Gasteiger partial charge in [0.25, 0.3) is 11.8 Å². The van der Waals surface area contributed by atoms with Gasteiger partial charge in [-0.2, -0.15) is 0 Å². The number of ether oxygens (including phenoxy) is 3. The van der Waals surface area contributed by atoms with Crippen molar-refractivity contribution in [3.63, 3.8) is 0 Å². The minimum Gasteiger partial charge on any atom is -0.458 e. The summed E-state index contributed by atoms with van der Waals surface area (Å²) in [5, 5.41) is 10.3. The van der Waals surface area contributed by atoms with E-state index in [1.807, 2.05) is 0 Å². The predicted molar refractivity (Wildman–Crippen MR) is 107 cm³/mol. The van der Waals surface area contributed by atoms with Crippen LogP contribution in [0, 0.1) is 0 Å². The van der Waals surface area contributed by atoms with Crippen molar-refractivity contribution in [3.05, 3.63) is 29.8 Å². The van der Waals surface area contributed by atoms with Crippen molar-refractivity contribution in [2.24, 2.45) is 0 Å². The number of esters is 1. The molecule has 1 aromatic carbocycles. The summed E-state index contributed by atoms with van der Waals surface area (Å²) in [4.78, 5) is 41.0. The third-order valence-electron chi connectivity index (χ3n) is 4.76. The minimum atomic E-state index is -1.74. The first-order valence-electron chi connectivity index (χ1n) is 9.98. The smallest absolute Gasteiger partial charge is 0.338 e. The average molecular weight is 420 g/mol. The topological polar surface area (TPSA) is 106 Å². The molecule has 2 heterocycles. The highest BCUT2D eigenvalue weighted by Gasteiger charge is 2.41. The molecule has 0 radical (unpaired) electrons. The van der Waals surface area contributed by atoms with Crippen LogP contribution >= 0.6 is 0 Å². The maximum absolute atomic E-state index is 12.9. The lowest BCUT2D eigenvalue weighted by Crippen LogP contribution is -2.55. The molecular formula is C21H28N2O7. The van der Waals surface area contributed by atoms with E-state index in [9.17, 15) is 19.5 Å². The van der Waals surface area contributed by atoms with E-state index in [0.29, 0.717) is 37.6 Å². The minimum absolute atomic E-state index is 0.133. The summed E-state index contributed by atoms with van der Waals surface area (Å²) in [7, 11) is 0. The number of anilines is 1. The maximum Gasteiger partial charge on any atom is 0.338 e. The Morgan fingerprint density at radius 1 is 1.17 bits per heavy atom. The Balaban J connectivity index is 1.75. The summed E-state index contributed by atoms with van der Waals surface area (Å²) >= 11 is 0. The van der Waals surface area contributed by atoms with Gasteiger partial charge in [0.05, 0.1) is 19.8 Å². The Hall–Kier alpha value is -2.49. The van der Waals surface area contributed by atoms with Crippen molar-refractivity contribution in [2.45, 2.75) is 38.6 Å². The molecule has 9 nitrogen and oxygen atoms in total. The second-order valence-electron chi connectivity index (χ2n) is 8.21. The van der Waals surface area contributed by atoms with Gasteiger partial charge in [-0.25, -0.2) is 4.79 Å². The number of carbonyl (C=O) groups excluding carboxylic acids is 3. The van der Waals surface area contributed by atoms with Crippen LogP contribution in [0.15, 0.2) is 24.3 Å². The molecule has 2 atom stereocenters. The van der Waals surface area contributed by atoms with Crippen LogP contribution in [0.4, 0.5) is 5.69 Å². The number of amides is 2. The number of hydrogen-bond acceptors (Lipinski definition) is 7. The molecule has 1 N–H and O–H groups in total. The summed E-state index contributed by atoms with van der Waals surface area (Å²) in [6.45, 7) is 7.42. The van der Waals surface area contributed by atoms with Crippen LogP contribution in [-0.2, 0) is 23.8 Å². The predicted octanol–water partition coefficient (Wildman–Crippen LogP) is 0.593. The third kappa shape index (κ3) is 5.16. The number of nitrogens with zero attached hydrogens (tertiary/aromatic N) is 2. The molecule has 164 valence electrons. The Labute approximate surface area is 175 Å². The SMILES string of the molecule is CC(C)(C)OC(=O)[C@H](O)[C@H]1OCCN(c2cccc(C(=O)N3CCOCC3)c2)C1=O. The summed E-state index contributed by atoms with van der Waals surface area (Å²) < 4.78 is 15.8. The van der Waals surface area contributed by atoms with E-state index in [1.54, 1.807) is 49.9 Å². The Kier molecular flexibility index (Phi) is 6.74. The summed E-state index contributed by atoms with van der Waals surface area (Å²) in [5.41, 5.74) is 0.158. The highest BCUT2D eigenvalue weighted by Crippen LogP contribution is 2.23. The van der Waals surface area contributed by atoms with E-state index in [4.69, 9.17) is 14.2 Å². The first kappa shape index (κ1) is 22.2. The van der Waals surface area contributed by atoms with Crippen LogP contribution in [0.2, 0.25) is 0 Å². The molecule has 2 fully saturated rings. The second kappa shape index (κ2) is 9.11. The zero-order valence-corrected chi connectivity index (χ0v) is 17.5. The lowest BCUT2D eigenvalue weighted by molar-refractivity contribution is -0.177. The molecule has 0 aromatic heterocycles. The molecule has 0 spiro atoms. The molecule has 0 aliphatic carbocycles. The Morgan fingerprint density at radius 2 is 1.87 bits per heavy atom. The van der Waals surface area contributed by atoms with Gasteiger partial charge < -0.3 is 29.1 Å². The molecular weight excluding hydrogens is 392 g/mol. The maximum atomic E-state index is 12.9. The van der Waals surface area contributed by atoms with Crippen LogP contribution in [0.1, 0.15) is 31.1 Å².